The molecule has 170 valence electrons. The second-order valence-corrected chi connectivity index (χ2v) is 8.78. The molecular formula is C21H21Br2N3O6. The molecule has 1 aromatic heterocycles. The van der Waals surface area contributed by atoms with E-state index >= 15 is 0 Å². The van der Waals surface area contributed by atoms with Crippen LogP contribution in [0.2, 0.25) is 0 Å². The predicted molar refractivity (Wildman–Crippen MR) is 122 cm³/mol. The van der Waals surface area contributed by atoms with E-state index in [2.05, 4.69) is 62.0 Å². The zero-order chi connectivity index (χ0) is 23.1. The molecule has 0 radical (unpaired) electrons. The Morgan fingerprint density at radius 3 is 2.66 bits per heavy atom. The van der Waals surface area contributed by atoms with E-state index in [1.54, 1.807) is 12.5 Å². The summed E-state index contributed by atoms with van der Waals surface area (Å²) in [7, 11) is 0. The highest BCUT2D eigenvalue weighted by atomic mass is 79.9. The smallest absolute Gasteiger partial charge is 0.291 e. The van der Waals surface area contributed by atoms with E-state index in [0.29, 0.717) is 19.8 Å². The summed E-state index contributed by atoms with van der Waals surface area (Å²) >= 11 is 7.05. The van der Waals surface area contributed by atoms with Gasteiger partial charge in [-0.2, -0.15) is 0 Å². The van der Waals surface area contributed by atoms with Crippen molar-refractivity contribution in [2.75, 3.05) is 13.2 Å². The van der Waals surface area contributed by atoms with Crippen LogP contribution in [0, 0.1) is 17.0 Å². The SMILES string of the molecule is Cc1ccc([C@]2(Cn3ccnc3)OC[C@@H](COc3ccc(Br)cc3)O2)cc1Br.O=[N+]([O-])O. The van der Waals surface area contributed by atoms with Crippen molar-refractivity contribution in [3.63, 3.8) is 0 Å². The average Bonchev–Trinajstić information content (AvgIpc) is 3.40. The number of hydrogen-bond donors (Lipinski definition) is 1. The Morgan fingerprint density at radius 1 is 1.31 bits per heavy atom. The van der Waals surface area contributed by atoms with Crippen LogP contribution in [0.25, 0.3) is 0 Å². The maximum atomic E-state index is 8.36. The van der Waals surface area contributed by atoms with E-state index in [0.717, 1.165) is 25.8 Å². The van der Waals surface area contributed by atoms with Gasteiger partial charge in [0, 0.05) is 26.9 Å². The lowest BCUT2D eigenvalue weighted by molar-refractivity contribution is -0.742. The van der Waals surface area contributed by atoms with Crippen LogP contribution in [0.15, 0.2) is 70.1 Å². The Kier molecular flexibility index (Phi) is 8.24. The first kappa shape index (κ1) is 24.2. The van der Waals surface area contributed by atoms with Gasteiger partial charge in [-0.05, 0) is 42.8 Å². The maximum Gasteiger partial charge on any atom is 0.291 e. The zero-order valence-corrected chi connectivity index (χ0v) is 20.2. The summed E-state index contributed by atoms with van der Waals surface area (Å²) in [4.78, 5) is 12.5. The Bertz CT molecular complexity index is 1030. The minimum absolute atomic E-state index is 0.174. The number of aryl methyl sites for hydroxylation is 1. The minimum Gasteiger partial charge on any atom is -0.491 e. The van der Waals surface area contributed by atoms with Gasteiger partial charge in [0.05, 0.1) is 19.5 Å². The van der Waals surface area contributed by atoms with Crippen molar-refractivity contribution in [3.05, 3.63) is 91.4 Å². The summed E-state index contributed by atoms with van der Waals surface area (Å²) in [6.45, 7) is 3.44. The Labute approximate surface area is 201 Å². The fourth-order valence-corrected chi connectivity index (χ4v) is 3.79. The second kappa shape index (κ2) is 10.9. The van der Waals surface area contributed by atoms with Crippen LogP contribution in [-0.4, -0.2) is 39.2 Å². The number of nitrogens with zero attached hydrogens (tertiary/aromatic N) is 3. The lowest BCUT2D eigenvalue weighted by atomic mass is 10.0. The fourth-order valence-electron chi connectivity index (χ4n) is 3.14. The first-order valence-electron chi connectivity index (χ1n) is 9.53. The van der Waals surface area contributed by atoms with Crippen LogP contribution in [0.3, 0.4) is 0 Å². The molecule has 0 saturated carbocycles. The third-order valence-electron chi connectivity index (χ3n) is 4.67. The topological polar surface area (TPSA) is 109 Å². The molecule has 1 fully saturated rings. The van der Waals surface area contributed by atoms with Gasteiger partial charge in [-0.3, -0.25) is 0 Å². The van der Waals surface area contributed by atoms with Crippen LogP contribution in [0.4, 0.5) is 0 Å². The predicted octanol–water partition coefficient (Wildman–Crippen LogP) is 4.72. The summed E-state index contributed by atoms with van der Waals surface area (Å²) in [6.07, 6.45) is 5.25. The molecule has 11 heteroatoms. The van der Waals surface area contributed by atoms with Crippen LogP contribution in [-0.2, 0) is 21.8 Å². The third kappa shape index (κ3) is 6.52. The van der Waals surface area contributed by atoms with Gasteiger partial charge >= 0.3 is 0 Å². The number of imidazole rings is 1. The van der Waals surface area contributed by atoms with Gasteiger partial charge in [-0.15, -0.1) is 10.1 Å². The van der Waals surface area contributed by atoms with Gasteiger partial charge in [0.25, 0.3) is 5.09 Å². The highest BCUT2D eigenvalue weighted by Gasteiger charge is 2.44. The summed E-state index contributed by atoms with van der Waals surface area (Å²) < 4.78 is 22.6. The van der Waals surface area contributed by atoms with Gasteiger partial charge < -0.3 is 24.0 Å². The molecule has 2 aromatic carbocycles. The number of hydrogen-bond acceptors (Lipinski definition) is 6. The number of halogens is 2. The van der Waals surface area contributed by atoms with Crippen molar-refractivity contribution in [1.82, 2.24) is 9.55 Å². The highest BCUT2D eigenvalue weighted by Crippen LogP contribution is 2.38. The number of aromatic nitrogens is 2. The molecule has 0 aliphatic carbocycles. The lowest BCUT2D eigenvalue weighted by Gasteiger charge is -2.29. The van der Waals surface area contributed by atoms with E-state index in [9.17, 15) is 0 Å². The first-order chi connectivity index (χ1) is 15.3. The van der Waals surface area contributed by atoms with Gasteiger partial charge in [0.1, 0.15) is 18.5 Å². The van der Waals surface area contributed by atoms with E-state index in [1.165, 1.54) is 0 Å². The van der Waals surface area contributed by atoms with Crippen LogP contribution in [0.5, 0.6) is 5.75 Å². The average molecular weight is 571 g/mol. The molecule has 0 amide bonds. The molecule has 0 bridgehead atoms. The fraction of sp³-hybridized carbons (Fsp3) is 0.286. The Morgan fingerprint density at radius 2 is 2.03 bits per heavy atom. The van der Waals surface area contributed by atoms with E-state index in [1.807, 2.05) is 35.0 Å². The highest BCUT2D eigenvalue weighted by molar-refractivity contribution is 9.10. The van der Waals surface area contributed by atoms with E-state index in [-0.39, 0.29) is 6.10 Å². The van der Waals surface area contributed by atoms with Crippen molar-refractivity contribution in [2.24, 2.45) is 0 Å². The number of ether oxygens (including phenoxy) is 3. The number of benzene rings is 2. The Hall–Kier alpha value is -2.47. The van der Waals surface area contributed by atoms with Crippen LogP contribution < -0.4 is 4.74 Å². The molecule has 32 heavy (non-hydrogen) atoms. The standard InChI is InChI=1S/C21H20Br2N2O3.HNO3/c1-15-2-3-16(10-20(15)23)21(13-25-9-8-24-14-25)27-12-19(28-21)11-26-18-6-4-17(22)5-7-18;2-1(3)4/h2-10,14,19H,11-13H2,1H3;(H,2,3,4)/t19-,21-;/m1./s1. The Balaban J connectivity index is 0.000000668. The third-order valence-corrected chi connectivity index (χ3v) is 6.05. The molecule has 2 atom stereocenters. The number of rotatable bonds is 6. The summed E-state index contributed by atoms with van der Waals surface area (Å²) in [5, 5.41) is 13.6. The second-order valence-electron chi connectivity index (χ2n) is 7.01. The monoisotopic (exact) mass is 569 g/mol. The summed E-state index contributed by atoms with van der Waals surface area (Å²) in [6, 6.07) is 13.9. The summed E-state index contributed by atoms with van der Waals surface area (Å²) in [5.41, 5.74) is 2.12. The van der Waals surface area contributed by atoms with Gasteiger partial charge in [-0.25, -0.2) is 4.98 Å². The molecule has 3 aromatic rings. The van der Waals surface area contributed by atoms with Crippen molar-refractivity contribution < 1.29 is 24.5 Å². The lowest BCUT2D eigenvalue weighted by Crippen LogP contribution is -2.34. The molecule has 2 heterocycles. The van der Waals surface area contributed by atoms with E-state index < -0.39 is 10.9 Å². The summed E-state index contributed by atoms with van der Waals surface area (Å²) in [5.74, 6) is -0.0815. The molecule has 9 nitrogen and oxygen atoms in total. The molecule has 1 aliphatic rings. The first-order valence-corrected chi connectivity index (χ1v) is 11.1. The van der Waals surface area contributed by atoms with Crippen molar-refractivity contribution in [3.8, 4) is 5.75 Å². The molecule has 1 saturated heterocycles. The molecule has 1 aliphatic heterocycles. The van der Waals surface area contributed by atoms with Crippen LogP contribution >= 0.6 is 31.9 Å². The maximum absolute atomic E-state index is 8.36. The zero-order valence-electron chi connectivity index (χ0n) is 17.1. The van der Waals surface area contributed by atoms with Gasteiger partial charge in [-0.1, -0.05) is 44.0 Å². The largest absolute Gasteiger partial charge is 0.491 e. The molecule has 0 unspecified atom stereocenters. The van der Waals surface area contributed by atoms with E-state index in [4.69, 9.17) is 29.5 Å². The normalized spacial score (nSPS) is 19.8. The van der Waals surface area contributed by atoms with Crippen LogP contribution in [0.1, 0.15) is 11.1 Å². The molecule has 1 N–H and O–H groups in total. The van der Waals surface area contributed by atoms with Crippen molar-refractivity contribution in [2.45, 2.75) is 25.4 Å². The molecule has 0 spiro atoms. The van der Waals surface area contributed by atoms with Crippen molar-refractivity contribution in [1.29, 1.82) is 0 Å². The van der Waals surface area contributed by atoms with Gasteiger partial charge in [0.2, 0.25) is 5.79 Å². The minimum atomic E-state index is -1.50. The molecule has 4 rings (SSSR count). The van der Waals surface area contributed by atoms with Crippen molar-refractivity contribution >= 4 is 31.9 Å². The van der Waals surface area contributed by atoms with Gasteiger partial charge in [0.15, 0.2) is 0 Å². The molecular weight excluding hydrogens is 550 g/mol. The quantitative estimate of drug-likeness (QED) is 0.337.